The van der Waals surface area contributed by atoms with E-state index in [0.29, 0.717) is 0 Å². The van der Waals surface area contributed by atoms with E-state index in [2.05, 4.69) is 282 Å². The minimum Gasteiger partial charge on any atom is -0.310 e. The van der Waals surface area contributed by atoms with Crippen LogP contribution in [0.4, 0.5) is 17.1 Å². The Hall–Kier alpha value is -9.31. The summed E-state index contributed by atoms with van der Waals surface area (Å²) in [6.07, 6.45) is 0. The van der Waals surface area contributed by atoms with Gasteiger partial charge in [0, 0.05) is 55.2 Å². The van der Waals surface area contributed by atoms with Crippen molar-refractivity contribution in [2.24, 2.45) is 0 Å². The van der Waals surface area contributed by atoms with Crippen LogP contribution in [0.3, 0.4) is 0 Å². The summed E-state index contributed by atoms with van der Waals surface area (Å²) >= 11 is 0. The van der Waals surface area contributed by atoms with E-state index in [-0.39, 0.29) is 0 Å². The standard InChI is InChI=1S/C68H45N3/c1-5-20-46(21-6-1)48-22-19-29-53(44-48)70(54-40-41-56-55-30-13-16-33-60(55)68(61(56)45-54,49-23-7-2-8-24-49)50-25-9-3-10-26-50)52-38-36-47(37-39-52)67-59-42-43-64-66(65(59)57-31-14-17-34-62(57)69-67)58-32-15-18-35-63(58)71(64)51-27-11-4-12-28-51/h1-45H. The Morgan fingerprint density at radius 2 is 0.930 bits per heavy atom. The Morgan fingerprint density at radius 3 is 1.69 bits per heavy atom. The van der Waals surface area contributed by atoms with Gasteiger partial charge in [0.15, 0.2) is 0 Å². The van der Waals surface area contributed by atoms with Crippen LogP contribution in [0.2, 0.25) is 0 Å². The lowest BCUT2D eigenvalue weighted by molar-refractivity contribution is 0.768. The zero-order chi connectivity index (χ0) is 46.9. The largest absolute Gasteiger partial charge is 0.310 e. The van der Waals surface area contributed by atoms with Crippen LogP contribution in [0.15, 0.2) is 273 Å². The van der Waals surface area contributed by atoms with Crippen molar-refractivity contribution in [3.8, 4) is 39.2 Å². The van der Waals surface area contributed by atoms with Crippen molar-refractivity contribution in [3.63, 3.8) is 0 Å². The van der Waals surface area contributed by atoms with Crippen LogP contribution in [-0.4, -0.2) is 9.55 Å². The number of aromatic nitrogens is 2. The minimum atomic E-state index is -0.534. The topological polar surface area (TPSA) is 21.1 Å². The molecule has 0 bridgehead atoms. The normalized spacial score (nSPS) is 12.6. The summed E-state index contributed by atoms with van der Waals surface area (Å²) in [5.74, 6) is 0. The number of fused-ring (bicyclic) bond motifs is 10. The average Bonchev–Trinajstić information content (AvgIpc) is 3.95. The highest BCUT2D eigenvalue weighted by Gasteiger charge is 2.46. The Balaban J connectivity index is 0.977. The number of rotatable bonds is 8. The van der Waals surface area contributed by atoms with E-state index in [0.717, 1.165) is 55.9 Å². The van der Waals surface area contributed by atoms with Crippen molar-refractivity contribution in [2.75, 3.05) is 4.90 Å². The van der Waals surface area contributed by atoms with Crippen LogP contribution in [-0.2, 0) is 5.41 Å². The molecule has 14 rings (SSSR count). The zero-order valence-corrected chi connectivity index (χ0v) is 38.8. The lowest BCUT2D eigenvalue weighted by atomic mass is 9.67. The third-order valence-corrected chi connectivity index (χ3v) is 14.8. The molecule has 13 aromatic rings. The molecular formula is C68H45N3. The van der Waals surface area contributed by atoms with Gasteiger partial charge in [-0.05, 0) is 111 Å². The second-order valence-electron chi connectivity index (χ2n) is 18.6. The quantitative estimate of drug-likeness (QED) is 0.142. The van der Waals surface area contributed by atoms with Crippen molar-refractivity contribution in [1.29, 1.82) is 0 Å². The molecule has 71 heavy (non-hydrogen) atoms. The summed E-state index contributed by atoms with van der Waals surface area (Å²) in [6.45, 7) is 0. The molecule has 3 nitrogen and oxygen atoms in total. The lowest BCUT2D eigenvalue weighted by Gasteiger charge is -2.35. The van der Waals surface area contributed by atoms with Gasteiger partial charge in [0.25, 0.3) is 0 Å². The molecular weight excluding hydrogens is 859 g/mol. The number of anilines is 3. The molecule has 2 heterocycles. The summed E-state index contributed by atoms with van der Waals surface area (Å²) in [7, 11) is 0. The number of para-hydroxylation sites is 3. The predicted molar refractivity (Wildman–Crippen MR) is 296 cm³/mol. The first-order valence-electron chi connectivity index (χ1n) is 24.5. The fraction of sp³-hybridized carbons (Fsp3) is 0.0147. The zero-order valence-electron chi connectivity index (χ0n) is 38.8. The summed E-state index contributed by atoms with van der Waals surface area (Å²) < 4.78 is 2.40. The molecule has 0 unspecified atom stereocenters. The number of hydrogen-bond donors (Lipinski definition) is 0. The number of nitrogens with zero attached hydrogens (tertiary/aromatic N) is 3. The van der Waals surface area contributed by atoms with Gasteiger partial charge >= 0.3 is 0 Å². The first kappa shape index (κ1) is 40.7. The first-order chi connectivity index (χ1) is 35.2. The van der Waals surface area contributed by atoms with E-state index in [1.54, 1.807) is 0 Å². The average molecular weight is 904 g/mol. The molecule has 0 atom stereocenters. The van der Waals surface area contributed by atoms with Gasteiger partial charge in [-0.1, -0.05) is 206 Å². The third-order valence-electron chi connectivity index (χ3n) is 14.8. The minimum absolute atomic E-state index is 0.534. The fourth-order valence-electron chi connectivity index (χ4n) is 11.8. The van der Waals surface area contributed by atoms with Crippen LogP contribution >= 0.6 is 0 Å². The van der Waals surface area contributed by atoms with Gasteiger partial charge in [0.2, 0.25) is 0 Å². The molecule has 0 amide bonds. The number of benzene rings is 11. The highest BCUT2D eigenvalue weighted by Crippen LogP contribution is 2.57. The van der Waals surface area contributed by atoms with Gasteiger partial charge in [-0.25, -0.2) is 4.98 Å². The molecule has 3 heteroatoms. The molecule has 0 fully saturated rings. The van der Waals surface area contributed by atoms with Gasteiger partial charge in [-0.3, -0.25) is 0 Å². The van der Waals surface area contributed by atoms with Crippen LogP contribution in [0.25, 0.3) is 82.7 Å². The van der Waals surface area contributed by atoms with E-state index < -0.39 is 5.41 Å². The molecule has 11 aromatic carbocycles. The second-order valence-corrected chi connectivity index (χ2v) is 18.6. The molecule has 1 aliphatic rings. The van der Waals surface area contributed by atoms with E-state index in [9.17, 15) is 0 Å². The van der Waals surface area contributed by atoms with Gasteiger partial charge < -0.3 is 9.47 Å². The Bertz CT molecular complexity index is 4100. The molecule has 0 aliphatic heterocycles. The van der Waals surface area contributed by atoms with E-state index in [4.69, 9.17) is 4.98 Å². The number of pyridine rings is 1. The Kier molecular flexibility index (Phi) is 9.43. The van der Waals surface area contributed by atoms with Crippen molar-refractivity contribution in [2.45, 2.75) is 5.41 Å². The molecule has 2 aromatic heterocycles. The summed E-state index contributed by atoms with van der Waals surface area (Å²) in [5, 5.41) is 5.96. The smallest absolute Gasteiger partial charge is 0.0788 e. The first-order valence-corrected chi connectivity index (χ1v) is 24.5. The van der Waals surface area contributed by atoms with E-state index in [1.807, 2.05) is 0 Å². The summed E-state index contributed by atoms with van der Waals surface area (Å²) in [4.78, 5) is 7.90. The van der Waals surface area contributed by atoms with Crippen LogP contribution < -0.4 is 4.90 Å². The fourth-order valence-corrected chi connectivity index (χ4v) is 11.8. The van der Waals surface area contributed by atoms with Gasteiger partial charge in [-0.15, -0.1) is 0 Å². The van der Waals surface area contributed by atoms with Crippen molar-refractivity contribution in [1.82, 2.24) is 9.55 Å². The Labute approximate surface area is 412 Å². The Morgan fingerprint density at radius 1 is 0.338 bits per heavy atom. The highest BCUT2D eigenvalue weighted by molar-refractivity contribution is 6.29. The van der Waals surface area contributed by atoms with E-state index in [1.165, 1.54) is 66.1 Å². The van der Waals surface area contributed by atoms with Crippen molar-refractivity contribution >= 4 is 60.5 Å². The SMILES string of the molecule is c1ccc(-c2cccc(N(c3ccc(-c4nc5ccccc5c5c4ccc4c5c5ccccc5n4-c4ccccc4)cc3)c3ccc4c(c3)C(c3ccccc3)(c3ccccc3)c3ccccc3-4)c2)cc1. The molecule has 0 N–H and O–H groups in total. The molecule has 0 saturated heterocycles. The van der Waals surface area contributed by atoms with Crippen LogP contribution in [0.1, 0.15) is 22.3 Å². The van der Waals surface area contributed by atoms with Gasteiger partial charge in [0.1, 0.15) is 0 Å². The van der Waals surface area contributed by atoms with Crippen LogP contribution in [0, 0.1) is 0 Å². The van der Waals surface area contributed by atoms with E-state index >= 15 is 0 Å². The predicted octanol–water partition coefficient (Wildman–Crippen LogP) is 17.7. The van der Waals surface area contributed by atoms with Crippen molar-refractivity contribution in [3.05, 3.63) is 295 Å². The molecule has 0 radical (unpaired) electrons. The molecule has 0 spiro atoms. The lowest BCUT2D eigenvalue weighted by Crippen LogP contribution is -2.28. The molecule has 332 valence electrons. The number of hydrogen-bond acceptors (Lipinski definition) is 2. The molecule has 0 saturated carbocycles. The maximum atomic E-state index is 5.47. The molecule has 1 aliphatic carbocycles. The van der Waals surface area contributed by atoms with Gasteiger partial charge in [0.05, 0.1) is 27.7 Å². The second kappa shape index (κ2) is 16.4. The van der Waals surface area contributed by atoms with Crippen molar-refractivity contribution < 1.29 is 0 Å². The monoisotopic (exact) mass is 903 g/mol. The summed E-state index contributed by atoms with van der Waals surface area (Å²) in [5.41, 5.74) is 19.1. The van der Waals surface area contributed by atoms with Crippen LogP contribution in [0.5, 0.6) is 0 Å². The highest BCUT2D eigenvalue weighted by atomic mass is 15.1. The summed E-state index contributed by atoms with van der Waals surface area (Å²) in [6, 6.07) is 99.6. The maximum Gasteiger partial charge on any atom is 0.0788 e. The maximum absolute atomic E-state index is 5.47. The third kappa shape index (κ3) is 6.33. The van der Waals surface area contributed by atoms with Gasteiger partial charge in [-0.2, -0.15) is 0 Å².